The Morgan fingerprint density at radius 3 is 1.65 bits per heavy atom. The number of fused-ring (bicyclic) bond motifs is 2. The van der Waals surface area contributed by atoms with E-state index < -0.39 is 0 Å². The largest absolute Gasteiger partial charge is 0.486 e. The molecule has 0 spiro atoms. The molecule has 23 heteroatoms. The Balaban J connectivity index is 0.000000171. The predicted molar refractivity (Wildman–Crippen MR) is 331 cm³/mol. The minimum absolute atomic E-state index is 0. The van der Waals surface area contributed by atoms with Crippen LogP contribution in [0.2, 0.25) is 0 Å². The minimum atomic E-state index is -0.184. The number of nitrogens with one attached hydrogen (secondary N) is 2. The number of Topliss-reactive ketones (excluding diaryl/α,β-unsaturated/α-hetero) is 1. The molecule has 18 nitrogen and oxygen atoms in total. The van der Waals surface area contributed by atoms with E-state index in [1.165, 1.54) is 60.2 Å². The third kappa shape index (κ3) is 16.7. The van der Waals surface area contributed by atoms with Gasteiger partial charge >= 0.3 is 0 Å². The summed E-state index contributed by atoms with van der Waals surface area (Å²) in [5.74, 6) is 3.54. The number of nitrogen functional groups attached to an aromatic ring is 1. The number of nitrogens with two attached hydrogens (primary N) is 2. The molecular formula is C56H72BrN10O8PS3. The monoisotopic (exact) mass is 1220 g/mol. The van der Waals surface area contributed by atoms with Crippen molar-refractivity contribution < 1.29 is 38.0 Å². The van der Waals surface area contributed by atoms with E-state index in [4.69, 9.17) is 52.1 Å². The van der Waals surface area contributed by atoms with E-state index in [9.17, 15) is 9.59 Å². The van der Waals surface area contributed by atoms with Gasteiger partial charge in [-0.1, -0.05) is 46.0 Å². The molecule has 79 heavy (non-hydrogen) atoms. The van der Waals surface area contributed by atoms with Gasteiger partial charge < -0.3 is 60.3 Å². The lowest BCUT2D eigenvalue weighted by Gasteiger charge is -2.40. The number of ketones is 2. The zero-order valence-corrected chi connectivity index (χ0v) is 50.2. The number of thiocarbonyl (C=S) groups is 1. The Morgan fingerprint density at radius 2 is 1.15 bits per heavy atom. The zero-order chi connectivity index (χ0) is 54.2. The number of halogens is 1. The van der Waals surface area contributed by atoms with Crippen molar-refractivity contribution >= 4 is 117 Å². The Hall–Kier alpha value is -5.29. The number of carbonyl (C=O) groups excluding carboxylic acids is 2. The first-order valence-electron chi connectivity index (χ1n) is 26.7. The van der Waals surface area contributed by atoms with E-state index in [2.05, 4.69) is 80.4 Å². The number of rotatable bonds is 12. The van der Waals surface area contributed by atoms with Crippen molar-refractivity contribution in [3.05, 3.63) is 101 Å². The highest BCUT2D eigenvalue weighted by atomic mass is 79.9. The van der Waals surface area contributed by atoms with Gasteiger partial charge in [-0.3, -0.25) is 19.4 Å². The van der Waals surface area contributed by atoms with Crippen LogP contribution >= 0.6 is 61.1 Å². The molecule has 11 rings (SSSR count). The van der Waals surface area contributed by atoms with Gasteiger partial charge in [0.05, 0.1) is 31.8 Å². The average molecular weight is 1220 g/mol. The van der Waals surface area contributed by atoms with Crippen LogP contribution in [0.15, 0.2) is 89.9 Å². The molecule has 4 fully saturated rings. The van der Waals surface area contributed by atoms with E-state index in [1.54, 1.807) is 36.4 Å². The van der Waals surface area contributed by atoms with Crippen LogP contribution in [0.1, 0.15) is 58.2 Å². The lowest BCUT2D eigenvalue weighted by Crippen LogP contribution is -2.49. The molecule has 0 radical (unpaired) electrons. The highest BCUT2D eigenvalue weighted by molar-refractivity contribution is 9.09. The van der Waals surface area contributed by atoms with Crippen molar-refractivity contribution in [3.8, 4) is 23.0 Å². The van der Waals surface area contributed by atoms with Gasteiger partial charge in [-0.05, 0) is 129 Å². The van der Waals surface area contributed by atoms with Crippen molar-refractivity contribution in [1.82, 2.24) is 14.8 Å². The first-order valence-corrected chi connectivity index (χ1v) is 30.0. The molecule has 1 aromatic heterocycles. The SMILES string of the molecule is CCSC(N)=NC(=S)Nc1ccc(N2CCC(N3CCOCC3)CC2)cc1.Nc1nc(Nc2ccc(N3CCC(N4CCOCC4)CC3)cc2)sc1C(=O)c1ccc2c(c1)OCCO2.O=C(CBr)c1ccc2c(c1)OCCO2.P. The summed E-state index contributed by atoms with van der Waals surface area (Å²) < 4.78 is 32.8. The molecule has 4 saturated heterocycles. The fourth-order valence-electron chi connectivity index (χ4n) is 10.1. The molecule has 5 aromatic rings. The molecule has 6 aliphatic heterocycles. The Morgan fingerprint density at radius 1 is 0.684 bits per heavy atom. The van der Waals surface area contributed by atoms with E-state index in [-0.39, 0.29) is 27.3 Å². The van der Waals surface area contributed by atoms with Gasteiger partial charge in [0.2, 0.25) is 5.78 Å². The maximum Gasteiger partial charge on any atom is 0.206 e. The summed E-state index contributed by atoms with van der Waals surface area (Å²) in [5.41, 5.74) is 17.4. The number of carbonyl (C=O) groups is 2. The van der Waals surface area contributed by atoms with E-state index in [1.807, 2.05) is 31.2 Å². The fourth-order valence-corrected chi connectivity index (χ4v) is 12.0. The molecule has 0 amide bonds. The van der Waals surface area contributed by atoms with Crippen LogP contribution in [-0.4, -0.2) is 165 Å². The number of hydrogen-bond acceptors (Lipinski definition) is 18. The van der Waals surface area contributed by atoms with Crippen LogP contribution in [0.25, 0.3) is 0 Å². The third-order valence-corrected chi connectivity index (χ3v) is 16.5. The molecule has 7 heterocycles. The highest BCUT2D eigenvalue weighted by Gasteiger charge is 2.28. The summed E-state index contributed by atoms with van der Waals surface area (Å²) in [6, 6.07) is 28.5. The topological polar surface area (TPSA) is 204 Å². The number of benzene rings is 4. The number of ether oxygens (including phenoxy) is 6. The number of piperidine rings is 2. The summed E-state index contributed by atoms with van der Waals surface area (Å²) in [5, 5.41) is 8.22. The van der Waals surface area contributed by atoms with Crippen molar-refractivity contribution in [3.63, 3.8) is 0 Å². The lowest BCUT2D eigenvalue weighted by molar-refractivity contribution is 0.0115. The molecule has 424 valence electrons. The van der Waals surface area contributed by atoms with Gasteiger partial charge in [0.25, 0.3) is 0 Å². The van der Waals surface area contributed by atoms with Crippen LogP contribution < -0.4 is 50.8 Å². The molecule has 1 atom stereocenters. The van der Waals surface area contributed by atoms with E-state index in [0.717, 1.165) is 95.9 Å². The summed E-state index contributed by atoms with van der Waals surface area (Å²) in [7, 11) is 0. The number of aromatic nitrogens is 1. The molecule has 6 N–H and O–H groups in total. The van der Waals surface area contributed by atoms with Crippen LogP contribution in [0.3, 0.4) is 0 Å². The van der Waals surface area contributed by atoms with Crippen LogP contribution in [0.5, 0.6) is 23.0 Å². The number of thiazole rings is 1. The number of hydrogen-bond donors (Lipinski definition) is 4. The molecular weight excluding hydrogens is 1150 g/mol. The second-order valence-corrected chi connectivity index (χ2v) is 22.3. The standard InChI is InChI=1S/C27H31N5O4S.C19H29N5OS2.C10H9BrO3.H3P/c28-26-25(24(33)18-1-6-22-23(17-18)36-16-15-35-22)37-27(30-26)29-19-2-4-20(5-3-19)31-9-7-21(8-10-31)32-11-13-34-14-12-32;1-2-27-18(20)22-19(26)21-15-3-5-16(6-4-15)23-9-7-17(8-10-23)24-11-13-25-14-12-24;11-6-8(12)7-1-2-9-10(5-7)14-4-3-13-9;/h1-6,17,21H,7-16,28H2,(H,29,30);3-6,17H,2,7-14H2,1H3,(H3,20,21,22,26);1-2,5H,3-4,6H2;1H3. The number of anilines is 6. The quantitative estimate of drug-likeness (QED) is 0.0231. The second-order valence-electron chi connectivity index (χ2n) is 19.1. The summed E-state index contributed by atoms with van der Waals surface area (Å²) in [4.78, 5) is 43.5. The van der Waals surface area contributed by atoms with Gasteiger partial charge in [0.15, 0.2) is 44.2 Å². The Kier molecular flexibility index (Phi) is 22.7. The Bertz CT molecular complexity index is 2830. The first-order chi connectivity index (χ1) is 38.1. The molecule has 0 saturated carbocycles. The van der Waals surface area contributed by atoms with E-state index >= 15 is 0 Å². The average Bonchev–Trinajstić information content (AvgIpc) is 3.89. The number of aliphatic imine (C=N–C) groups is 1. The van der Waals surface area contributed by atoms with Gasteiger partial charge in [-0.15, -0.1) is 0 Å². The maximum atomic E-state index is 13.1. The predicted octanol–water partition coefficient (Wildman–Crippen LogP) is 8.62. The van der Waals surface area contributed by atoms with Crippen molar-refractivity contribution in [2.24, 2.45) is 10.7 Å². The fraction of sp³-hybridized carbons (Fsp3) is 0.446. The second kappa shape index (κ2) is 30.0. The summed E-state index contributed by atoms with van der Waals surface area (Å²) in [6.07, 6.45) is 4.79. The minimum Gasteiger partial charge on any atom is -0.486 e. The van der Waals surface area contributed by atoms with Crippen LogP contribution in [-0.2, 0) is 9.47 Å². The lowest BCUT2D eigenvalue weighted by atomic mass is 10.0. The van der Waals surface area contributed by atoms with Crippen molar-refractivity contribution in [2.75, 3.05) is 142 Å². The summed E-state index contributed by atoms with van der Waals surface area (Å²) in [6.45, 7) is 16.2. The van der Waals surface area contributed by atoms with Crippen molar-refractivity contribution in [2.45, 2.75) is 44.7 Å². The van der Waals surface area contributed by atoms with Crippen molar-refractivity contribution in [1.29, 1.82) is 0 Å². The van der Waals surface area contributed by atoms with Gasteiger partial charge in [0.1, 0.15) is 37.1 Å². The number of morpholine rings is 2. The first kappa shape index (κ1) is 59.8. The number of thioether (sulfide) groups is 1. The molecule has 0 aliphatic carbocycles. The molecule has 0 bridgehead atoms. The van der Waals surface area contributed by atoms with Gasteiger partial charge in [-0.2, -0.15) is 14.9 Å². The smallest absolute Gasteiger partial charge is 0.206 e. The molecule has 4 aromatic carbocycles. The number of nitrogens with zero attached hydrogens (tertiary/aromatic N) is 6. The normalized spacial score (nSPS) is 17.9. The summed E-state index contributed by atoms with van der Waals surface area (Å²) >= 11 is 11.1. The number of alkyl halides is 1. The highest BCUT2D eigenvalue weighted by Crippen LogP contribution is 2.36. The van der Waals surface area contributed by atoms with E-state index in [0.29, 0.717) is 98.3 Å². The maximum absolute atomic E-state index is 13.1. The zero-order valence-electron chi connectivity index (χ0n) is 44.7. The molecule has 1 unspecified atom stereocenters. The van der Waals surface area contributed by atoms with Crippen LogP contribution in [0, 0.1) is 0 Å². The number of amidine groups is 1. The van der Waals surface area contributed by atoms with Gasteiger partial charge in [-0.25, -0.2) is 4.98 Å². The van der Waals surface area contributed by atoms with Crippen LogP contribution in [0.4, 0.5) is 33.7 Å². The Labute approximate surface area is 488 Å². The van der Waals surface area contributed by atoms with Gasteiger partial charge in [0, 0.05) is 98.3 Å². The molecule has 6 aliphatic rings. The third-order valence-electron chi connectivity index (χ3n) is 14.2.